The minimum Gasteiger partial charge on any atom is -0.379 e. The fraction of sp³-hybridized carbons (Fsp3) is 0.281. The van der Waals surface area contributed by atoms with E-state index in [4.69, 9.17) is 4.74 Å². The summed E-state index contributed by atoms with van der Waals surface area (Å²) >= 11 is 1.34. The van der Waals surface area contributed by atoms with Crippen molar-refractivity contribution in [2.75, 3.05) is 26.3 Å². The van der Waals surface area contributed by atoms with E-state index >= 15 is 0 Å². The number of benzene rings is 3. The fourth-order valence-electron chi connectivity index (χ4n) is 4.65. The first-order valence-electron chi connectivity index (χ1n) is 13.8. The minimum atomic E-state index is -4.46. The summed E-state index contributed by atoms with van der Waals surface area (Å²) in [5.74, 6) is 4.67. The standard InChI is InChI=1S/C32H34N3O5PS/c1-23(41(37,38)39)33-31(36)30-29(34-32(42-30)28-5-3-2-4-6-28)21-26-13-9-24(10-14-26)7-8-25-11-15-27(16-12-25)22-35-17-19-40-20-18-35/h2-6,9-16,23,32,34H,17-22H2,1H3,(H,33,36)(H2,37,38,39). The lowest BCUT2D eigenvalue weighted by atomic mass is 10.1. The Morgan fingerprint density at radius 1 is 1.00 bits per heavy atom. The summed E-state index contributed by atoms with van der Waals surface area (Å²) in [5.41, 5.74) is 5.80. The average molecular weight is 604 g/mol. The number of rotatable bonds is 8. The number of amides is 1. The van der Waals surface area contributed by atoms with Gasteiger partial charge in [0.15, 0.2) is 0 Å². The van der Waals surface area contributed by atoms with Gasteiger partial charge in [0.1, 0.15) is 11.2 Å². The summed E-state index contributed by atoms with van der Waals surface area (Å²) in [7, 11) is -4.46. The van der Waals surface area contributed by atoms with Crippen molar-refractivity contribution in [1.29, 1.82) is 0 Å². The molecule has 218 valence electrons. The predicted octanol–water partition coefficient (Wildman–Crippen LogP) is 4.35. The number of nitrogens with one attached hydrogen (secondary N) is 2. The molecule has 4 N–H and O–H groups in total. The van der Waals surface area contributed by atoms with Crippen LogP contribution in [0.1, 0.15) is 40.1 Å². The number of hydrogen-bond acceptors (Lipinski definition) is 6. The third kappa shape index (κ3) is 8.14. The molecule has 3 aromatic rings. The third-order valence-electron chi connectivity index (χ3n) is 7.12. The maximum atomic E-state index is 13.1. The van der Waals surface area contributed by atoms with Gasteiger partial charge in [-0.15, -0.1) is 0 Å². The van der Waals surface area contributed by atoms with E-state index in [0.717, 1.165) is 55.1 Å². The van der Waals surface area contributed by atoms with Crippen LogP contribution in [0.25, 0.3) is 0 Å². The zero-order valence-corrected chi connectivity index (χ0v) is 25.0. The van der Waals surface area contributed by atoms with Gasteiger partial charge >= 0.3 is 7.60 Å². The number of allylic oxidation sites excluding steroid dienone is 1. The Bertz CT molecular complexity index is 1520. The van der Waals surface area contributed by atoms with E-state index in [2.05, 4.69) is 51.6 Å². The van der Waals surface area contributed by atoms with Crippen molar-refractivity contribution in [1.82, 2.24) is 15.5 Å². The van der Waals surface area contributed by atoms with Crippen LogP contribution in [0.2, 0.25) is 0 Å². The van der Waals surface area contributed by atoms with Gasteiger partial charge in [0, 0.05) is 42.9 Å². The SMILES string of the molecule is CC(NC(=O)C1=C(Cc2ccc(C#Cc3ccc(CN4CCOCC4)cc3)cc2)NC(c2ccccc2)S1)P(=O)(O)O. The molecule has 8 nitrogen and oxygen atoms in total. The van der Waals surface area contributed by atoms with Gasteiger partial charge in [0.25, 0.3) is 5.91 Å². The lowest BCUT2D eigenvalue weighted by Crippen LogP contribution is -2.35. The molecule has 1 amide bonds. The average Bonchev–Trinajstić information content (AvgIpc) is 3.42. The molecule has 3 aromatic carbocycles. The maximum Gasteiger partial charge on any atom is 0.347 e. The van der Waals surface area contributed by atoms with E-state index in [1.165, 1.54) is 24.2 Å². The second-order valence-corrected chi connectivity index (χ2v) is 13.4. The minimum absolute atomic E-state index is 0.183. The van der Waals surface area contributed by atoms with Crippen molar-refractivity contribution in [3.8, 4) is 11.8 Å². The van der Waals surface area contributed by atoms with Crippen molar-refractivity contribution in [3.05, 3.63) is 117 Å². The molecule has 0 aromatic heterocycles. The maximum absolute atomic E-state index is 13.1. The van der Waals surface area contributed by atoms with Crippen LogP contribution in [0.5, 0.6) is 0 Å². The zero-order valence-electron chi connectivity index (χ0n) is 23.3. The highest BCUT2D eigenvalue weighted by atomic mass is 32.2. The van der Waals surface area contributed by atoms with Crippen LogP contribution in [0, 0.1) is 11.8 Å². The number of thioether (sulfide) groups is 1. The predicted molar refractivity (Wildman–Crippen MR) is 165 cm³/mol. The van der Waals surface area contributed by atoms with Gasteiger partial charge in [-0.3, -0.25) is 14.3 Å². The summed E-state index contributed by atoms with van der Waals surface area (Å²) in [4.78, 5) is 34.8. The van der Waals surface area contributed by atoms with Gasteiger partial charge in [-0.25, -0.2) is 0 Å². The number of carbonyl (C=O) groups is 1. The molecule has 0 bridgehead atoms. The lowest BCUT2D eigenvalue weighted by Gasteiger charge is -2.26. The summed E-state index contributed by atoms with van der Waals surface area (Å²) in [5, 5.41) is 5.73. The zero-order chi connectivity index (χ0) is 29.5. The molecule has 0 radical (unpaired) electrons. The normalized spacial score (nSPS) is 18.1. The first-order chi connectivity index (χ1) is 20.2. The Labute approximate surface area is 250 Å². The first-order valence-corrected chi connectivity index (χ1v) is 16.4. The molecule has 0 aliphatic carbocycles. The molecular weight excluding hydrogens is 569 g/mol. The van der Waals surface area contributed by atoms with Gasteiger partial charge in [-0.2, -0.15) is 0 Å². The van der Waals surface area contributed by atoms with Crippen LogP contribution < -0.4 is 10.6 Å². The topological polar surface area (TPSA) is 111 Å². The van der Waals surface area contributed by atoms with Crippen molar-refractivity contribution < 1.29 is 23.9 Å². The molecule has 2 atom stereocenters. The molecule has 1 fully saturated rings. The van der Waals surface area contributed by atoms with Crippen molar-refractivity contribution in [2.24, 2.45) is 0 Å². The quantitative estimate of drug-likeness (QED) is 0.222. The number of ether oxygens (including phenoxy) is 1. The van der Waals surface area contributed by atoms with Crippen molar-refractivity contribution in [2.45, 2.75) is 31.0 Å². The second kappa shape index (κ2) is 13.7. The molecule has 2 heterocycles. The molecule has 2 aliphatic heterocycles. The van der Waals surface area contributed by atoms with Crippen LogP contribution in [0.4, 0.5) is 0 Å². The summed E-state index contributed by atoms with van der Waals surface area (Å²) in [6.07, 6.45) is 0.460. The Hall–Kier alpha value is -3.35. The van der Waals surface area contributed by atoms with Crippen LogP contribution in [-0.4, -0.2) is 52.7 Å². The molecule has 2 unspecified atom stereocenters. The van der Waals surface area contributed by atoms with Crippen LogP contribution in [-0.2, 0) is 27.1 Å². The Morgan fingerprint density at radius 2 is 1.60 bits per heavy atom. The second-order valence-electron chi connectivity index (χ2n) is 10.3. The number of hydrogen-bond donors (Lipinski definition) is 4. The number of carbonyl (C=O) groups excluding carboxylic acids is 1. The van der Waals surface area contributed by atoms with Gasteiger partial charge in [-0.1, -0.05) is 78.2 Å². The van der Waals surface area contributed by atoms with E-state index in [-0.39, 0.29) is 5.37 Å². The third-order valence-corrected chi connectivity index (χ3v) is 9.55. The molecule has 42 heavy (non-hydrogen) atoms. The van der Waals surface area contributed by atoms with E-state index in [9.17, 15) is 19.1 Å². The molecule has 10 heteroatoms. The van der Waals surface area contributed by atoms with Crippen molar-refractivity contribution >= 4 is 25.3 Å². The Kier molecular flexibility index (Phi) is 9.86. The summed E-state index contributed by atoms with van der Waals surface area (Å²) in [6.45, 7) is 5.72. The fourth-order valence-corrected chi connectivity index (χ4v) is 6.10. The Morgan fingerprint density at radius 3 is 2.19 bits per heavy atom. The van der Waals surface area contributed by atoms with E-state index in [1.54, 1.807) is 0 Å². The van der Waals surface area contributed by atoms with Crippen LogP contribution >= 0.6 is 19.4 Å². The van der Waals surface area contributed by atoms with E-state index in [1.807, 2.05) is 54.6 Å². The lowest BCUT2D eigenvalue weighted by molar-refractivity contribution is -0.117. The molecule has 5 rings (SSSR count). The highest BCUT2D eigenvalue weighted by Gasteiger charge is 2.33. The molecule has 0 spiro atoms. The Balaban J connectivity index is 1.25. The molecule has 0 saturated carbocycles. The van der Waals surface area contributed by atoms with E-state index < -0.39 is 19.3 Å². The first kappa shape index (κ1) is 30.1. The molecule has 2 aliphatic rings. The van der Waals surface area contributed by atoms with Gasteiger partial charge in [0.2, 0.25) is 0 Å². The van der Waals surface area contributed by atoms with Gasteiger partial charge < -0.3 is 25.2 Å². The van der Waals surface area contributed by atoms with Crippen molar-refractivity contribution in [3.63, 3.8) is 0 Å². The van der Waals surface area contributed by atoms with Crippen LogP contribution in [0.3, 0.4) is 0 Å². The molecular formula is C32H34N3O5PS. The van der Waals surface area contributed by atoms with Crippen LogP contribution in [0.15, 0.2) is 89.5 Å². The van der Waals surface area contributed by atoms with Gasteiger partial charge in [0.05, 0.1) is 18.1 Å². The van der Waals surface area contributed by atoms with E-state index in [0.29, 0.717) is 17.0 Å². The smallest absolute Gasteiger partial charge is 0.347 e. The van der Waals surface area contributed by atoms with Gasteiger partial charge in [-0.05, 0) is 47.9 Å². The largest absolute Gasteiger partial charge is 0.379 e. The number of nitrogens with zero attached hydrogens (tertiary/aromatic N) is 1. The molecule has 1 saturated heterocycles. The highest BCUT2D eigenvalue weighted by molar-refractivity contribution is 8.04. The highest BCUT2D eigenvalue weighted by Crippen LogP contribution is 2.43. The monoisotopic (exact) mass is 603 g/mol. The number of morpholine rings is 1. The summed E-state index contributed by atoms with van der Waals surface area (Å²) in [6, 6.07) is 26.0. The summed E-state index contributed by atoms with van der Waals surface area (Å²) < 4.78 is 17.1.